The Morgan fingerprint density at radius 2 is 2.33 bits per heavy atom. The number of nitrogens with one attached hydrogen (secondary N) is 1. The van der Waals surface area contributed by atoms with Crippen molar-refractivity contribution in [3.8, 4) is 0 Å². The summed E-state index contributed by atoms with van der Waals surface area (Å²) in [6.45, 7) is 1.90. The molecule has 0 bridgehead atoms. The molecule has 0 aromatic carbocycles. The monoisotopic (exact) mass is 248 g/mol. The second-order valence-electron chi connectivity index (χ2n) is 4.26. The van der Waals surface area contributed by atoms with E-state index in [1.54, 1.807) is 6.92 Å². The summed E-state index contributed by atoms with van der Waals surface area (Å²) in [5, 5.41) is 6.33. The lowest BCUT2D eigenvalue weighted by Crippen LogP contribution is -2.23. The van der Waals surface area contributed by atoms with Gasteiger partial charge in [0, 0.05) is 12.8 Å². The molecule has 2 heterocycles. The Bertz CT molecular complexity index is 570. The van der Waals surface area contributed by atoms with E-state index in [1.807, 2.05) is 0 Å². The van der Waals surface area contributed by atoms with E-state index in [9.17, 15) is 4.79 Å². The smallest absolute Gasteiger partial charge is 0.273 e. The van der Waals surface area contributed by atoms with Crippen LogP contribution in [0.25, 0.3) is 0 Å². The number of aromatic nitrogens is 3. The first kappa shape index (κ1) is 10.9. The van der Waals surface area contributed by atoms with Gasteiger partial charge in [-0.25, -0.2) is 4.98 Å². The average molecular weight is 248 g/mol. The van der Waals surface area contributed by atoms with Gasteiger partial charge in [0.2, 0.25) is 5.89 Å². The summed E-state index contributed by atoms with van der Waals surface area (Å²) in [7, 11) is 0. The van der Waals surface area contributed by atoms with Crippen LogP contribution in [0.15, 0.2) is 15.2 Å². The van der Waals surface area contributed by atoms with Gasteiger partial charge in [-0.3, -0.25) is 4.79 Å². The molecule has 0 aliphatic heterocycles. The lowest BCUT2D eigenvalue weighted by Gasteiger charge is -1.97. The first-order valence-electron chi connectivity index (χ1n) is 5.75. The molecule has 0 atom stereocenters. The molecule has 1 aliphatic carbocycles. The summed E-state index contributed by atoms with van der Waals surface area (Å²) >= 11 is 0. The highest BCUT2D eigenvalue weighted by Crippen LogP contribution is 2.39. The fraction of sp³-hybridized carbons (Fsp3) is 0.455. The van der Waals surface area contributed by atoms with Crippen LogP contribution in [0.5, 0.6) is 0 Å². The Labute approximate surface area is 103 Å². The topological polar surface area (TPSA) is 94.1 Å². The van der Waals surface area contributed by atoms with Crippen molar-refractivity contribution >= 4 is 5.91 Å². The number of hydrogen-bond acceptors (Lipinski definition) is 6. The van der Waals surface area contributed by atoms with Crippen LogP contribution in [0, 0.1) is 6.92 Å². The molecule has 1 fully saturated rings. The number of oxazole rings is 1. The van der Waals surface area contributed by atoms with Gasteiger partial charge in [-0.1, -0.05) is 5.16 Å². The van der Waals surface area contributed by atoms with Crippen molar-refractivity contribution in [2.75, 3.05) is 0 Å². The van der Waals surface area contributed by atoms with Gasteiger partial charge in [0.25, 0.3) is 5.91 Å². The molecule has 1 N–H and O–H groups in total. The molecular weight excluding hydrogens is 236 g/mol. The highest BCUT2D eigenvalue weighted by Gasteiger charge is 2.29. The fourth-order valence-corrected chi connectivity index (χ4v) is 1.57. The van der Waals surface area contributed by atoms with E-state index < -0.39 is 0 Å². The summed E-state index contributed by atoms with van der Waals surface area (Å²) in [4.78, 5) is 19.9. The van der Waals surface area contributed by atoms with Crippen molar-refractivity contribution in [1.29, 1.82) is 0 Å². The van der Waals surface area contributed by atoms with Crippen LogP contribution >= 0.6 is 0 Å². The first-order chi connectivity index (χ1) is 8.72. The second kappa shape index (κ2) is 4.25. The number of nitrogens with zero attached hydrogens (tertiary/aromatic N) is 3. The van der Waals surface area contributed by atoms with Crippen molar-refractivity contribution < 1.29 is 13.7 Å². The van der Waals surface area contributed by atoms with Gasteiger partial charge in [0.1, 0.15) is 6.26 Å². The van der Waals surface area contributed by atoms with Gasteiger partial charge < -0.3 is 14.3 Å². The van der Waals surface area contributed by atoms with E-state index in [1.165, 1.54) is 6.26 Å². The maximum Gasteiger partial charge on any atom is 0.273 e. The summed E-state index contributed by atoms with van der Waals surface area (Å²) in [6, 6.07) is 0. The molecule has 0 saturated heterocycles. The van der Waals surface area contributed by atoms with Gasteiger partial charge in [-0.05, 0) is 12.8 Å². The third kappa shape index (κ3) is 2.24. The highest BCUT2D eigenvalue weighted by molar-refractivity contribution is 5.91. The molecule has 1 aliphatic rings. The van der Waals surface area contributed by atoms with Crippen molar-refractivity contribution in [2.45, 2.75) is 32.2 Å². The molecule has 94 valence electrons. The Morgan fingerprint density at radius 1 is 1.50 bits per heavy atom. The minimum absolute atomic E-state index is 0.210. The zero-order valence-electron chi connectivity index (χ0n) is 9.84. The Hall–Kier alpha value is -2.18. The average Bonchev–Trinajstić information content (AvgIpc) is 2.94. The van der Waals surface area contributed by atoms with Crippen LogP contribution in [-0.4, -0.2) is 21.0 Å². The first-order valence-corrected chi connectivity index (χ1v) is 5.75. The van der Waals surface area contributed by atoms with Crippen molar-refractivity contribution in [2.24, 2.45) is 0 Å². The molecular formula is C11H12N4O3. The van der Waals surface area contributed by atoms with Crippen LogP contribution in [0.4, 0.5) is 0 Å². The number of aryl methyl sites for hydroxylation is 1. The molecule has 2 aromatic rings. The minimum atomic E-state index is -0.298. The predicted octanol–water partition coefficient (Wildman–Crippen LogP) is 1.17. The standard InChI is InChI=1S/C11H12N4O3/c1-6-13-9(15-18-6)4-12-10(16)8-5-17-11(14-8)7-2-3-7/h5,7H,2-4H2,1H3,(H,12,16). The minimum Gasteiger partial charge on any atom is -0.448 e. The number of rotatable bonds is 4. The third-order valence-corrected chi connectivity index (χ3v) is 2.66. The normalized spacial score (nSPS) is 14.7. The lowest BCUT2D eigenvalue weighted by atomic mass is 10.4. The molecule has 1 saturated carbocycles. The molecule has 7 nitrogen and oxygen atoms in total. The van der Waals surface area contributed by atoms with Gasteiger partial charge in [0.15, 0.2) is 17.4 Å². The maximum absolute atomic E-state index is 11.8. The molecule has 3 rings (SSSR count). The maximum atomic E-state index is 11.8. The number of amides is 1. The van der Waals surface area contributed by atoms with Crippen LogP contribution in [0.3, 0.4) is 0 Å². The molecule has 0 radical (unpaired) electrons. The highest BCUT2D eigenvalue weighted by atomic mass is 16.5. The van der Waals surface area contributed by atoms with Gasteiger partial charge >= 0.3 is 0 Å². The molecule has 7 heteroatoms. The van der Waals surface area contributed by atoms with Crippen LogP contribution in [-0.2, 0) is 6.54 Å². The van der Waals surface area contributed by atoms with Gasteiger partial charge in [-0.2, -0.15) is 4.98 Å². The van der Waals surface area contributed by atoms with E-state index in [-0.39, 0.29) is 18.1 Å². The van der Waals surface area contributed by atoms with E-state index >= 15 is 0 Å². The summed E-state index contributed by atoms with van der Waals surface area (Å²) in [5.41, 5.74) is 0.289. The zero-order chi connectivity index (χ0) is 12.5. The van der Waals surface area contributed by atoms with Crippen molar-refractivity contribution in [3.63, 3.8) is 0 Å². The van der Waals surface area contributed by atoms with E-state index in [2.05, 4.69) is 20.4 Å². The summed E-state index contributed by atoms with van der Waals surface area (Å²) in [5.74, 6) is 1.65. The van der Waals surface area contributed by atoms with Crippen LogP contribution in [0.1, 0.15) is 46.9 Å². The SMILES string of the molecule is Cc1nc(CNC(=O)c2coc(C3CC3)n2)no1. The summed E-state index contributed by atoms with van der Waals surface area (Å²) < 4.78 is 10.0. The van der Waals surface area contributed by atoms with E-state index in [4.69, 9.17) is 8.94 Å². The summed E-state index contributed by atoms with van der Waals surface area (Å²) in [6.07, 6.45) is 3.55. The predicted molar refractivity (Wildman–Crippen MR) is 58.7 cm³/mol. The molecule has 1 amide bonds. The number of carbonyl (C=O) groups is 1. The van der Waals surface area contributed by atoms with Crippen molar-refractivity contribution in [3.05, 3.63) is 29.6 Å². The molecule has 0 unspecified atom stereocenters. The number of hydrogen-bond donors (Lipinski definition) is 1. The van der Waals surface area contributed by atoms with Gasteiger partial charge in [-0.15, -0.1) is 0 Å². The largest absolute Gasteiger partial charge is 0.448 e. The third-order valence-electron chi connectivity index (χ3n) is 2.66. The molecule has 18 heavy (non-hydrogen) atoms. The Balaban J connectivity index is 1.59. The van der Waals surface area contributed by atoms with E-state index in [0.717, 1.165) is 12.8 Å². The van der Waals surface area contributed by atoms with Crippen LogP contribution in [0.2, 0.25) is 0 Å². The number of carbonyl (C=O) groups excluding carboxylic acids is 1. The van der Waals surface area contributed by atoms with Gasteiger partial charge in [0.05, 0.1) is 6.54 Å². The molecule has 0 spiro atoms. The van der Waals surface area contributed by atoms with Crippen molar-refractivity contribution in [1.82, 2.24) is 20.4 Å². The fourth-order valence-electron chi connectivity index (χ4n) is 1.57. The second-order valence-corrected chi connectivity index (χ2v) is 4.26. The Kier molecular flexibility index (Phi) is 2.58. The zero-order valence-corrected chi connectivity index (χ0v) is 9.84. The Morgan fingerprint density at radius 3 is 3.00 bits per heavy atom. The van der Waals surface area contributed by atoms with Crippen LogP contribution < -0.4 is 5.32 Å². The molecule has 2 aromatic heterocycles. The lowest BCUT2D eigenvalue weighted by molar-refractivity contribution is 0.0944. The quantitative estimate of drug-likeness (QED) is 0.872. The van der Waals surface area contributed by atoms with E-state index in [0.29, 0.717) is 23.5 Å².